The molecular formula is C16H23N3O3S. The summed E-state index contributed by atoms with van der Waals surface area (Å²) in [5.41, 5.74) is 0.436. The van der Waals surface area contributed by atoms with Crippen LogP contribution >= 0.6 is 0 Å². The molecule has 6 nitrogen and oxygen atoms in total. The highest BCUT2D eigenvalue weighted by atomic mass is 32.2. The van der Waals surface area contributed by atoms with Gasteiger partial charge in [-0.05, 0) is 57.7 Å². The van der Waals surface area contributed by atoms with Gasteiger partial charge in [0.15, 0.2) is 9.84 Å². The Kier molecular flexibility index (Phi) is 7.72. The highest BCUT2D eigenvalue weighted by Gasteiger charge is 2.14. The molecule has 1 aromatic carbocycles. The van der Waals surface area contributed by atoms with Gasteiger partial charge in [0.2, 0.25) is 0 Å². The summed E-state index contributed by atoms with van der Waals surface area (Å²) in [6, 6.07) is 7.83. The summed E-state index contributed by atoms with van der Waals surface area (Å²) < 4.78 is 24.1. The van der Waals surface area contributed by atoms with Crippen molar-refractivity contribution in [1.82, 2.24) is 10.2 Å². The van der Waals surface area contributed by atoms with Gasteiger partial charge < -0.3 is 10.2 Å². The van der Waals surface area contributed by atoms with Gasteiger partial charge in [0.25, 0.3) is 5.91 Å². The first-order valence-corrected chi connectivity index (χ1v) is 9.15. The van der Waals surface area contributed by atoms with Crippen LogP contribution in [0.5, 0.6) is 0 Å². The van der Waals surface area contributed by atoms with Crippen molar-refractivity contribution >= 4 is 15.7 Å². The first kappa shape index (κ1) is 19.1. The predicted molar refractivity (Wildman–Crippen MR) is 88.8 cm³/mol. The molecule has 1 amide bonds. The number of hydrogen-bond acceptors (Lipinski definition) is 5. The molecule has 1 rings (SSSR count). The third-order valence-corrected chi connectivity index (χ3v) is 5.06. The summed E-state index contributed by atoms with van der Waals surface area (Å²) in [7, 11) is 0.546. The van der Waals surface area contributed by atoms with Crippen molar-refractivity contribution in [3.8, 4) is 6.07 Å². The van der Waals surface area contributed by atoms with E-state index in [4.69, 9.17) is 5.26 Å². The molecule has 1 aromatic rings. The number of nitrogens with one attached hydrogen (secondary N) is 1. The third kappa shape index (κ3) is 6.80. The van der Waals surface area contributed by atoms with Gasteiger partial charge in [0.1, 0.15) is 0 Å². The van der Waals surface area contributed by atoms with Crippen LogP contribution < -0.4 is 5.32 Å². The zero-order valence-corrected chi connectivity index (χ0v) is 14.4. The molecule has 0 aliphatic heterocycles. The van der Waals surface area contributed by atoms with E-state index in [1.54, 1.807) is 0 Å². The van der Waals surface area contributed by atoms with E-state index in [2.05, 4.69) is 5.32 Å². The topological polar surface area (TPSA) is 90.3 Å². The number of carbonyl (C=O) groups excluding carboxylic acids is 1. The minimum atomic E-state index is -3.39. The lowest BCUT2D eigenvalue weighted by atomic mass is 10.2. The fourth-order valence-electron chi connectivity index (χ4n) is 1.97. The lowest BCUT2D eigenvalue weighted by molar-refractivity contribution is 0.0952. The van der Waals surface area contributed by atoms with Crippen LogP contribution in [0.3, 0.4) is 0 Å². The number of hydrogen-bond donors (Lipinski definition) is 1. The summed E-state index contributed by atoms with van der Waals surface area (Å²) in [5.74, 6) is -0.270. The molecule has 0 aliphatic rings. The highest BCUT2D eigenvalue weighted by molar-refractivity contribution is 7.91. The van der Waals surface area contributed by atoms with Crippen molar-refractivity contribution in [3.05, 3.63) is 29.8 Å². The normalized spacial score (nSPS) is 11.2. The van der Waals surface area contributed by atoms with Gasteiger partial charge in [0, 0.05) is 18.5 Å². The average Bonchev–Trinajstić information content (AvgIpc) is 2.51. The number of benzene rings is 1. The molecule has 0 fully saturated rings. The van der Waals surface area contributed by atoms with E-state index in [0.29, 0.717) is 18.5 Å². The molecule has 0 unspecified atom stereocenters. The van der Waals surface area contributed by atoms with E-state index in [9.17, 15) is 13.2 Å². The van der Waals surface area contributed by atoms with Crippen LogP contribution in [0.4, 0.5) is 0 Å². The van der Waals surface area contributed by atoms with Crippen LogP contribution in [0.15, 0.2) is 29.2 Å². The lowest BCUT2D eigenvalue weighted by Crippen LogP contribution is -2.27. The van der Waals surface area contributed by atoms with Crippen molar-refractivity contribution in [2.75, 3.05) is 32.9 Å². The smallest absolute Gasteiger partial charge is 0.251 e. The SMILES string of the molecule is CN(C)CCCNC(=O)c1ccc(S(=O)(=O)CCCC#N)cc1. The Bertz CT molecular complexity index is 646. The zero-order chi connectivity index (χ0) is 17.3. The van der Waals surface area contributed by atoms with Crippen LogP contribution in [0.2, 0.25) is 0 Å². The zero-order valence-electron chi connectivity index (χ0n) is 13.6. The molecule has 1 N–H and O–H groups in total. The van der Waals surface area contributed by atoms with Crippen molar-refractivity contribution in [2.24, 2.45) is 0 Å². The van der Waals surface area contributed by atoms with Crippen LogP contribution in [0, 0.1) is 11.3 Å². The maximum Gasteiger partial charge on any atom is 0.251 e. The van der Waals surface area contributed by atoms with E-state index in [1.807, 2.05) is 25.1 Å². The van der Waals surface area contributed by atoms with Crippen LogP contribution in [-0.4, -0.2) is 52.2 Å². The monoisotopic (exact) mass is 337 g/mol. The van der Waals surface area contributed by atoms with E-state index in [0.717, 1.165) is 13.0 Å². The van der Waals surface area contributed by atoms with E-state index in [1.165, 1.54) is 24.3 Å². The minimum absolute atomic E-state index is 0.0589. The summed E-state index contributed by atoms with van der Waals surface area (Å²) in [6.45, 7) is 1.46. The van der Waals surface area contributed by atoms with Crippen LogP contribution in [0.1, 0.15) is 29.6 Å². The molecule has 0 radical (unpaired) electrons. The largest absolute Gasteiger partial charge is 0.352 e. The second-order valence-electron chi connectivity index (χ2n) is 5.52. The summed E-state index contributed by atoms with van der Waals surface area (Å²) in [5, 5.41) is 11.3. The van der Waals surface area contributed by atoms with Gasteiger partial charge in [-0.2, -0.15) is 5.26 Å². The second kappa shape index (κ2) is 9.28. The molecule has 0 atom stereocenters. The molecule has 126 valence electrons. The molecule has 0 heterocycles. The molecular weight excluding hydrogens is 314 g/mol. The first-order chi connectivity index (χ1) is 10.9. The Morgan fingerprint density at radius 3 is 2.43 bits per heavy atom. The number of unbranched alkanes of at least 4 members (excludes halogenated alkanes) is 1. The molecule has 23 heavy (non-hydrogen) atoms. The number of nitriles is 1. The maximum atomic E-state index is 12.0. The number of nitrogens with zero attached hydrogens (tertiary/aromatic N) is 2. The molecule has 0 spiro atoms. The highest BCUT2D eigenvalue weighted by Crippen LogP contribution is 2.14. The quantitative estimate of drug-likeness (QED) is 0.689. The number of sulfone groups is 1. The summed E-state index contributed by atoms with van der Waals surface area (Å²) in [4.78, 5) is 14.2. The minimum Gasteiger partial charge on any atom is -0.352 e. The van der Waals surface area contributed by atoms with Crippen LogP contribution in [0.25, 0.3) is 0 Å². The summed E-state index contributed by atoms with van der Waals surface area (Å²) in [6.07, 6.45) is 1.38. The number of carbonyl (C=O) groups is 1. The van der Waals surface area contributed by atoms with Crippen molar-refractivity contribution < 1.29 is 13.2 Å². The summed E-state index contributed by atoms with van der Waals surface area (Å²) >= 11 is 0. The Morgan fingerprint density at radius 2 is 1.87 bits per heavy atom. The van der Waals surface area contributed by atoms with E-state index >= 15 is 0 Å². The molecule has 7 heteroatoms. The van der Waals surface area contributed by atoms with Crippen molar-refractivity contribution in [1.29, 1.82) is 5.26 Å². The van der Waals surface area contributed by atoms with Gasteiger partial charge in [-0.3, -0.25) is 4.79 Å². The fourth-order valence-corrected chi connectivity index (χ4v) is 3.28. The molecule has 0 bridgehead atoms. The molecule has 0 saturated heterocycles. The van der Waals surface area contributed by atoms with Gasteiger partial charge in [-0.25, -0.2) is 8.42 Å². The number of rotatable bonds is 9. The van der Waals surface area contributed by atoms with Gasteiger partial charge in [0.05, 0.1) is 16.7 Å². The standard InChI is InChI=1S/C16H23N3O3S/c1-19(2)12-5-11-18-16(20)14-6-8-15(9-7-14)23(21,22)13-4-3-10-17/h6-9H,3-5,11-13H2,1-2H3,(H,18,20). The predicted octanol–water partition coefficient (Wildman–Crippen LogP) is 1.45. The Hall–Kier alpha value is -1.91. The fraction of sp³-hybridized carbons (Fsp3) is 0.500. The second-order valence-corrected chi connectivity index (χ2v) is 7.63. The Labute approximate surface area is 138 Å². The molecule has 0 aliphatic carbocycles. The lowest BCUT2D eigenvalue weighted by Gasteiger charge is -2.10. The first-order valence-electron chi connectivity index (χ1n) is 7.49. The molecule has 0 saturated carbocycles. The van der Waals surface area contributed by atoms with Gasteiger partial charge in [-0.1, -0.05) is 0 Å². The number of amides is 1. The van der Waals surface area contributed by atoms with E-state index in [-0.39, 0.29) is 23.0 Å². The van der Waals surface area contributed by atoms with Crippen molar-refractivity contribution in [2.45, 2.75) is 24.2 Å². The maximum absolute atomic E-state index is 12.0. The van der Waals surface area contributed by atoms with E-state index < -0.39 is 9.84 Å². The Balaban J connectivity index is 2.58. The average molecular weight is 337 g/mol. The third-order valence-electron chi connectivity index (χ3n) is 3.24. The van der Waals surface area contributed by atoms with Crippen molar-refractivity contribution in [3.63, 3.8) is 0 Å². The Morgan fingerprint density at radius 1 is 1.22 bits per heavy atom. The van der Waals surface area contributed by atoms with Gasteiger partial charge in [-0.15, -0.1) is 0 Å². The molecule has 0 aromatic heterocycles. The van der Waals surface area contributed by atoms with Gasteiger partial charge >= 0.3 is 0 Å². The van der Waals surface area contributed by atoms with Crippen LogP contribution in [-0.2, 0) is 9.84 Å².